The van der Waals surface area contributed by atoms with Gasteiger partial charge in [-0.3, -0.25) is 0 Å². The van der Waals surface area contributed by atoms with Gasteiger partial charge in [-0.2, -0.15) is 0 Å². The molecule has 0 fully saturated rings. The number of rotatable bonds is 5. The highest BCUT2D eigenvalue weighted by molar-refractivity contribution is 6.28. The SMILES string of the molecule is c1ccc(-c2ccc(-c3cccc(-c4ccc(-c5c6ccccc6c(-c6ccc7oc8cccc9ccc6c7c98)c6ccccc56)cc4)c3)cc2)cc1. The minimum Gasteiger partial charge on any atom is -0.456 e. The van der Waals surface area contributed by atoms with E-state index in [4.69, 9.17) is 4.42 Å². The quantitative estimate of drug-likeness (QED) is 0.131. The first kappa shape index (κ1) is 29.7. The van der Waals surface area contributed by atoms with Crippen LogP contribution in [0, 0.1) is 0 Å². The third-order valence-corrected chi connectivity index (χ3v) is 11.1. The lowest BCUT2D eigenvalue weighted by Gasteiger charge is -2.19. The van der Waals surface area contributed by atoms with Gasteiger partial charge in [-0.1, -0.05) is 170 Å². The van der Waals surface area contributed by atoms with Gasteiger partial charge < -0.3 is 4.42 Å². The summed E-state index contributed by atoms with van der Waals surface area (Å²) in [4.78, 5) is 0. The molecule has 0 unspecified atom stereocenters. The molecule has 0 aliphatic heterocycles. The molecule has 0 saturated heterocycles. The molecule has 53 heavy (non-hydrogen) atoms. The average Bonchev–Trinajstić information content (AvgIpc) is 3.62. The number of hydrogen-bond donors (Lipinski definition) is 0. The fraction of sp³-hybridized carbons (Fsp3) is 0. The second-order valence-electron chi connectivity index (χ2n) is 14.0. The van der Waals surface area contributed by atoms with E-state index in [1.54, 1.807) is 0 Å². The molecule has 11 aromatic rings. The normalized spacial score (nSPS) is 11.8. The molecule has 1 aromatic heterocycles. The van der Waals surface area contributed by atoms with E-state index in [0.717, 1.165) is 11.2 Å². The summed E-state index contributed by atoms with van der Waals surface area (Å²) in [6, 6.07) is 70.5. The zero-order chi connectivity index (χ0) is 34.9. The molecule has 1 nitrogen and oxygen atoms in total. The Morgan fingerprint density at radius 1 is 0.264 bits per heavy atom. The van der Waals surface area contributed by atoms with Crippen LogP contribution in [0.4, 0.5) is 0 Å². The van der Waals surface area contributed by atoms with Crippen LogP contribution in [0.15, 0.2) is 199 Å². The molecule has 10 aromatic carbocycles. The molecular formula is C52H32O. The summed E-state index contributed by atoms with van der Waals surface area (Å²) < 4.78 is 6.35. The minimum absolute atomic E-state index is 0.937. The van der Waals surface area contributed by atoms with Crippen molar-refractivity contribution >= 4 is 54.3 Å². The highest BCUT2D eigenvalue weighted by Crippen LogP contribution is 2.48. The number of benzene rings is 10. The number of fused-ring (bicyclic) bond motifs is 2. The zero-order valence-electron chi connectivity index (χ0n) is 28.9. The Bertz CT molecular complexity index is 3070. The molecule has 0 bridgehead atoms. The predicted octanol–water partition coefficient (Wildman–Crippen LogP) is 14.8. The summed E-state index contributed by atoms with van der Waals surface area (Å²) in [5.41, 5.74) is 14.1. The van der Waals surface area contributed by atoms with Gasteiger partial charge in [-0.25, -0.2) is 0 Å². The van der Waals surface area contributed by atoms with E-state index in [-0.39, 0.29) is 0 Å². The Kier molecular flexibility index (Phi) is 6.62. The first-order valence-corrected chi connectivity index (χ1v) is 18.3. The fourth-order valence-corrected chi connectivity index (χ4v) is 8.59. The molecule has 1 heterocycles. The van der Waals surface area contributed by atoms with E-state index in [0.29, 0.717) is 0 Å². The lowest BCUT2D eigenvalue weighted by atomic mass is 9.84. The van der Waals surface area contributed by atoms with Gasteiger partial charge in [0.25, 0.3) is 0 Å². The van der Waals surface area contributed by atoms with Crippen molar-refractivity contribution in [2.45, 2.75) is 0 Å². The summed E-state index contributed by atoms with van der Waals surface area (Å²) in [5, 5.41) is 9.85. The highest BCUT2D eigenvalue weighted by Gasteiger charge is 2.21. The van der Waals surface area contributed by atoms with Gasteiger partial charge in [0.1, 0.15) is 11.2 Å². The van der Waals surface area contributed by atoms with Crippen LogP contribution in [0.25, 0.3) is 110 Å². The first-order chi connectivity index (χ1) is 26.3. The van der Waals surface area contributed by atoms with Crippen LogP contribution in [0.3, 0.4) is 0 Å². The second kappa shape index (κ2) is 11.8. The van der Waals surface area contributed by atoms with Gasteiger partial charge in [-0.05, 0) is 112 Å². The van der Waals surface area contributed by atoms with Crippen LogP contribution in [-0.4, -0.2) is 0 Å². The Balaban J connectivity index is 1.02. The summed E-state index contributed by atoms with van der Waals surface area (Å²) in [6.07, 6.45) is 0. The molecule has 0 N–H and O–H groups in total. The maximum atomic E-state index is 6.35. The Morgan fingerprint density at radius 3 is 1.40 bits per heavy atom. The van der Waals surface area contributed by atoms with E-state index < -0.39 is 0 Å². The van der Waals surface area contributed by atoms with Crippen molar-refractivity contribution in [1.29, 1.82) is 0 Å². The zero-order valence-corrected chi connectivity index (χ0v) is 28.9. The molecule has 0 saturated carbocycles. The fourth-order valence-electron chi connectivity index (χ4n) is 8.59. The van der Waals surface area contributed by atoms with E-state index in [1.807, 2.05) is 0 Å². The van der Waals surface area contributed by atoms with Gasteiger partial charge in [0.05, 0.1) is 0 Å². The van der Waals surface area contributed by atoms with Crippen molar-refractivity contribution in [3.05, 3.63) is 194 Å². The predicted molar refractivity (Wildman–Crippen MR) is 225 cm³/mol. The van der Waals surface area contributed by atoms with Crippen LogP contribution in [0.5, 0.6) is 0 Å². The van der Waals surface area contributed by atoms with Crippen LogP contribution in [-0.2, 0) is 0 Å². The van der Waals surface area contributed by atoms with E-state index in [9.17, 15) is 0 Å². The molecule has 0 spiro atoms. The third-order valence-electron chi connectivity index (χ3n) is 11.1. The summed E-state index contributed by atoms with van der Waals surface area (Å²) in [7, 11) is 0. The molecule has 246 valence electrons. The molecule has 0 aliphatic carbocycles. The highest BCUT2D eigenvalue weighted by atomic mass is 16.3. The lowest BCUT2D eigenvalue weighted by molar-refractivity contribution is 0.669. The molecule has 0 amide bonds. The van der Waals surface area contributed by atoms with E-state index >= 15 is 0 Å². The molecular weight excluding hydrogens is 641 g/mol. The van der Waals surface area contributed by atoms with E-state index in [1.165, 1.54) is 98.7 Å². The van der Waals surface area contributed by atoms with Gasteiger partial charge in [0.15, 0.2) is 0 Å². The monoisotopic (exact) mass is 672 g/mol. The van der Waals surface area contributed by atoms with Gasteiger partial charge in [0.2, 0.25) is 0 Å². The third kappa shape index (κ3) is 4.71. The first-order valence-electron chi connectivity index (χ1n) is 18.3. The van der Waals surface area contributed by atoms with Crippen molar-refractivity contribution in [3.63, 3.8) is 0 Å². The number of hydrogen-bond acceptors (Lipinski definition) is 1. The Hall–Kier alpha value is -6.96. The van der Waals surface area contributed by atoms with Crippen molar-refractivity contribution in [1.82, 2.24) is 0 Å². The lowest BCUT2D eigenvalue weighted by Crippen LogP contribution is -1.92. The second-order valence-corrected chi connectivity index (χ2v) is 14.0. The van der Waals surface area contributed by atoms with Gasteiger partial charge in [0, 0.05) is 10.8 Å². The molecule has 11 rings (SSSR count). The summed E-state index contributed by atoms with van der Waals surface area (Å²) >= 11 is 0. The maximum Gasteiger partial charge on any atom is 0.136 e. The van der Waals surface area contributed by atoms with Gasteiger partial charge >= 0.3 is 0 Å². The van der Waals surface area contributed by atoms with Crippen molar-refractivity contribution < 1.29 is 4.42 Å². The van der Waals surface area contributed by atoms with Crippen LogP contribution in [0.1, 0.15) is 0 Å². The maximum absolute atomic E-state index is 6.35. The van der Waals surface area contributed by atoms with Crippen molar-refractivity contribution in [2.24, 2.45) is 0 Å². The smallest absolute Gasteiger partial charge is 0.136 e. The summed E-state index contributed by atoms with van der Waals surface area (Å²) in [5.74, 6) is 0. The Labute approximate surface area is 307 Å². The standard InChI is InChI=1S/C52H32O/c1-2-10-33(11-3-1)34-20-22-35(23-21-34)39-13-8-14-40(32-39)36-24-26-38(27-25-36)49-41-15-4-6-17-43(41)51(44-18-7-5-16-42(44)49)45-30-31-48-52-46(45)29-28-37-12-9-19-47(53-48)50(37)52/h1-32H. The number of furan rings is 1. The summed E-state index contributed by atoms with van der Waals surface area (Å²) in [6.45, 7) is 0. The van der Waals surface area contributed by atoms with Crippen molar-refractivity contribution in [2.75, 3.05) is 0 Å². The van der Waals surface area contributed by atoms with Crippen LogP contribution >= 0.6 is 0 Å². The minimum atomic E-state index is 0.937. The molecule has 0 radical (unpaired) electrons. The average molecular weight is 673 g/mol. The molecule has 0 atom stereocenters. The molecule has 0 aliphatic rings. The van der Waals surface area contributed by atoms with Gasteiger partial charge in [-0.15, -0.1) is 0 Å². The van der Waals surface area contributed by atoms with Crippen LogP contribution in [0.2, 0.25) is 0 Å². The van der Waals surface area contributed by atoms with E-state index in [2.05, 4.69) is 194 Å². The van der Waals surface area contributed by atoms with Crippen molar-refractivity contribution in [3.8, 4) is 55.6 Å². The molecule has 1 heteroatoms. The Morgan fingerprint density at radius 2 is 0.755 bits per heavy atom. The topological polar surface area (TPSA) is 13.1 Å². The largest absolute Gasteiger partial charge is 0.456 e. The van der Waals surface area contributed by atoms with Crippen LogP contribution < -0.4 is 0 Å².